The third-order valence-electron chi connectivity index (χ3n) is 4.83. The highest BCUT2D eigenvalue weighted by Gasteiger charge is 2.21. The smallest absolute Gasteiger partial charge is 0.236 e. The molecule has 1 saturated heterocycles. The van der Waals surface area contributed by atoms with E-state index in [0.29, 0.717) is 6.54 Å². The Labute approximate surface area is 150 Å². The van der Waals surface area contributed by atoms with Crippen LogP contribution in [0.5, 0.6) is 0 Å². The van der Waals surface area contributed by atoms with Crippen molar-refractivity contribution >= 4 is 5.91 Å². The molecule has 4 heteroatoms. The van der Waals surface area contributed by atoms with Gasteiger partial charge in [0.05, 0.1) is 6.54 Å². The molecule has 4 nitrogen and oxygen atoms in total. The van der Waals surface area contributed by atoms with Crippen LogP contribution >= 0.6 is 0 Å². The summed E-state index contributed by atoms with van der Waals surface area (Å²) in [4.78, 5) is 16.8. The van der Waals surface area contributed by atoms with Crippen molar-refractivity contribution in [3.63, 3.8) is 0 Å². The number of hydrogen-bond donors (Lipinski definition) is 1. The molecular formula is C21H27N3O. The minimum absolute atomic E-state index is 0.185. The molecule has 132 valence electrons. The molecule has 1 amide bonds. The number of amides is 1. The number of hydrogen-bond acceptors (Lipinski definition) is 3. The Kier molecular flexibility index (Phi) is 6.20. The first-order chi connectivity index (χ1) is 12.2. The number of carbonyl (C=O) groups is 1. The first-order valence-electron chi connectivity index (χ1n) is 9.05. The summed E-state index contributed by atoms with van der Waals surface area (Å²) < 4.78 is 0. The van der Waals surface area contributed by atoms with E-state index in [1.54, 1.807) is 0 Å². The van der Waals surface area contributed by atoms with Crippen molar-refractivity contribution in [2.24, 2.45) is 0 Å². The molecule has 0 bridgehead atoms. The highest BCUT2D eigenvalue weighted by atomic mass is 16.2. The number of benzene rings is 2. The van der Waals surface area contributed by atoms with Crippen LogP contribution in [0.4, 0.5) is 0 Å². The van der Waals surface area contributed by atoms with Gasteiger partial charge in [-0.3, -0.25) is 9.69 Å². The number of piperazine rings is 1. The Hall–Kier alpha value is -2.17. The summed E-state index contributed by atoms with van der Waals surface area (Å²) >= 11 is 0. The molecule has 0 aliphatic carbocycles. The average molecular weight is 337 g/mol. The quantitative estimate of drug-likeness (QED) is 0.880. The maximum absolute atomic E-state index is 12.4. The van der Waals surface area contributed by atoms with Gasteiger partial charge in [0.15, 0.2) is 0 Å². The van der Waals surface area contributed by atoms with E-state index in [1.807, 2.05) is 29.2 Å². The number of rotatable bonds is 6. The van der Waals surface area contributed by atoms with Crippen molar-refractivity contribution in [3.05, 3.63) is 71.8 Å². The van der Waals surface area contributed by atoms with Crippen molar-refractivity contribution in [1.82, 2.24) is 15.1 Å². The minimum atomic E-state index is 0.185. The molecule has 0 saturated carbocycles. The maximum atomic E-state index is 12.4. The van der Waals surface area contributed by atoms with Gasteiger partial charge in [0, 0.05) is 38.8 Å². The molecule has 0 radical (unpaired) electrons. The summed E-state index contributed by atoms with van der Waals surface area (Å²) in [6.45, 7) is 6.96. The van der Waals surface area contributed by atoms with Gasteiger partial charge in [-0.05, 0) is 18.1 Å². The fourth-order valence-corrected chi connectivity index (χ4v) is 3.21. The summed E-state index contributed by atoms with van der Waals surface area (Å²) in [5.74, 6) is 0.196. The second-order valence-corrected chi connectivity index (χ2v) is 6.66. The first-order valence-corrected chi connectivity index (χ1v) is 9.05. The molecule has 1 N–H and O–H groups in total. The van der Waals surface area contributed by atoms with Crippen LogP contribution in [0.3, 0.4) is 0 Å². The Morgan fingerprint density at radius 2 is 1.56 bits per heavy atom. The Morgan fingerprint density at radius 3 is 2.20 bits per heavy atom. The van der Waals surface area contributed by atoms with Gasteiger partial charge in [0.1, 0.15) is 0 Å². The standard InChI is InChI=1S/C21H27N3O/c1-18(20-10-6-3-7-11-20)22-16-21(25)24-14-12-23(13-15-24)17-19-8-4-2-5-9-19/h2-11,18,22H,12-17H2,1H3. The normalized spacial score (nSPS) is 16.6. The average Bonchev–Trinajstić information content (AvgIpc) is 2.68. The van der Waals surface area contributed by atoms with Gasteiger partial charge in [-0.15, -0.1) is 0 Å². The van der Waals surface area contributed by atoms with E-state index >= 15 is 0 Å². The molecule has 0 spiro atoms. The third kappa shape index (κ3) is 5.15. The van der Waals surface area contributed by atoms with E-state index in [9.17, 15) is 4.79 Å². The number of carbonyl (C=O) groups excluding carboxylic acids is 1. The van der Waals surface area contributed by atoms with Crippen molar-refractivity contribution in [3.8, 4) is 0 Å². The van der Waals surface area contributed by atoms with E-state index in [4.69, 9.17) is 0 Å². The van der Waals surface area contributed by atoms with Crippen LogP contribution in [0.25, 0.3) is 0 Å². The molecule has 1 heterocycles. The summed E-state index contributed by atoms with van der Waals surface area (Å²) in [6, 6.07) is 20.9. The second-order valence-electron chi connectivity index (χ2n) is 6.66. The van der Waals surface area contributed by atoms with Crippen LogP contribution in [-0.2, 0) is 11.3 Å². The van der Waals surface area contributed by atoms with E-state index in [-0.39, 0.29) is 11.9 Å². The minimum Gasteiger partial charge on any atom is -0.339 e. The Bertz CT molecular complexity index is 651. The highest BCUT2D eigenvalue weighted by molar-refractivity contribution is 5.78. The van der Waals surface area contributed by atoms with Crippen LogP contribution in [0.1, 0.15) is 24.1 Å². The van der Waals surface area contributed by atoms with E-state index in [0.717, 1.165) is 32.7 Å². The molecule has 2 aromatic rings. The van der Waals surface area contributed by atoms with Gasteiger partial charge in [0.2, 0.25) is 5.91 Å². The fraction of sp³-hybridized carbons (Fsp3) is 0.381. The van der Waals surface area contributed by atoms with Gasteiger partial charge in [-0.1, -0.05) is 60.7 Å². The highest BCUT2D eigenvalue weighted by Crippen LogP contribution is 2.11. The van der Waals surface area contributed by atoms with E-state index < -0.39 is 0 Å². The SMILES string of the molecule is CC(NCC(=O)N1CCN(Cc2ccccc2)CC1)c1ccccc1. The van der Waals surface area contributed by atoms with Crippen LogP contribution in [-0.4, -0.2) is 48.4 Å². The lowest BCUT2D eigenvalue weighted by Gasteiger charge is -2.35. The molecule has 1 aliphatic rings. The third-order valence-corrected chi connectivity index (χ3v) is 4.83. The van der Waals surface area contributed by atoms with Gasteiger partial charge in [0.25, 0.3) is 0 Å². The van der Waals surface area contributed by atoms with Crippen molar-refractivity contribution < 1.29 is 4.79 Å². The zero-order valence-electron chi connectivity index (χ0n) is 14.9. The molecule has 1 fully saturated rings. The predicted octanol–water partition coefficient (Wildman–Crippen LogP) is 2.68. The summed E-state index contributed by atoms with van der Waals surface area (Å²) in [6.07, 6.45) is 0. The molecule has 3 rings (SSSR count). The van der Waals surface area contributed by atoms with Crippen LogP contribution < -0.4 is 5.32 Å². The van der Waals surface area contributed by atoms with E-state index in [2.05, 4.69) is 53.5 Å². The predicted molar refractivity (Wildman–Crippen MR) is 101 cm³/mol. The molecule has 1 aliphatic heterocycles. The lowest BCUT2D eigenvalue weighted by Crippen LogP contribution is -2.50. The van der Waals surface area contributed by atoms with Gasteiger partial charge in [-0.25, -0.2) is 0 Å². The Morgan fingerprint density at radius 1 is 0.960 bits per heavy atom. The topological polar surface area (TPSA) is 35.6 Å². The number of nitrogens with zero attached hydrogens (tertiary/aromatic N) is 2. The lowest BCUT2D eigenvalue weighted by molar-refractivity contribution is -0.132. The zero-order chi connectivity index (χ0) is 17.5. The van der Waals surface area contributed by atoms with Crippen molar-refractivity contribution in [2.45, 2.75) is 19.5 Å². The molecule has 2 aromatic carbocycles. The molecule has 25 heavy (non-hydrogen) atoms. The van der Waals surface area contributed by atoms with Gasteiger partial charge < -0.3 is 10.2 Å². The monoisotopic (exact) mass is 337 g/mol. The van der Waals surface area contributed by atoms with E-state index in [1.165, 1.54) is 11.1 Å². The number of nitrogens with one attached hydrogen (secondary N) is 1. The molecule has 0 aromatic heterocycles. The second kappa shape index (κ2) is 8.79. The van der Waals surface area contributed by atoms with Gasteiger partial charge >= 0.3 is 0 Å². The molecule has 1 unspecified atom stereocenters. The molecule has 1 atom stereocenters. The van der Waals surface area contributed by atoms with Crippen molar-refractivity contribution in [1.29, 1.82) is 0 Å². The maximum Gasteiger partial charge on any atom is 0.236 e. The summed E-state index contributed by atoms with van der Waals surface area (Å²) in [5, 5.41) is 3.34. The summed E-state index contributed by atoms with van der Waals surface area (Å²) in [7, 11) is 0. The molecular weight excluding hydrogens is 310 g/mol. The van der Waals surface area contributed by atoms with Crippen LogP contribution in [0.2, 0.25) is 0 Å². The van der Waals surface area contributed by atoms with Crippen molar-refractivity contribution in [2.75, 3.05) is 32.7 Å². The van der Waals surface area contributed by atoms with Crippen LogP contribution in [0.15, 0.2) is 60.7 Å². The Balaban J connectivity index is 1.41. The largest absolute Gasteiger partial charge is 0.339 e. The summed E-state index contributed by atoms with van der Waals surface area (Å²) in [5.41, 5.74) is 2.55. The fourth-order valence-electron chi connectivity index (χ4n) is 3.21. The van der Waals surface area contributed by atoms with Crippen LogP contribution in [0, 0.1) is 0 Å². The van der Waals surface area contributed by atoms with Gasteiger partial charge in [-0.2, -0.15) is 0 Å². The first kappa shape index (κ1) is 17.6. The zero-order valence-corrected chi connectivity index (χ0v) is 14.9. The lowest BCUT2D eigenvalue weighted by atomic mass is 10.1.